The average molecular weight is 352 g/mol. The SMILES string of the molecule is Cc1ccc2nc(CNS(=O)(=O)N3CCCC(C(=O)O)C3)[nH]c2c1. The molecule has 1 aromatic carbocycles. The number of benzene rings is 1. The fourth-order valence-corrected chi connectivity index (χ4v) is 4.12. The van der Waals surface area contributed by atoms with Crippen molar-refractivity contribution in [3.05, 3.63) is 29.6 Å². The minimum absolute atomic E-state index is 0.00396. The van der Waals surface area contributed by atoms with E-state index in [0.29, 0.717) is 25.2 Å². The molecule has 0 saturated carbocycles. The van der Waals surface area contributed by atoms with Gasteiger partial charge in [0.2, 0.25) is 0 Å². The molecule has 3 N–H and O–H groups in total. The zero-order chi connectivity index (χ0) is 17.3. The summed E-state index contributed by atoms with van der Waals surface area (Å²) in [4.78, 5) is 18.5. The summed E-state index contributed by atoms with van der Waals surface area (Å²) >= 11 is 0. The van der Waals surface area contributed by atoms with Gasteiger partial charge in [0.25, 0.3) is 10.2 Å². The van der Waals surface area contributed by atoms with Crippen LogP contribution in [0.1, 0.15) is 24.2 Å². The molecule has 2 heterocycles. The van der Waals surface area contributed by atoms with Crippen molar-refractivity contribution in [2.75, 3.05) is 13.1 Å². The number of hydrogen-bond donors (Lipinski definition) is 3. The van der Waals surface area contributed by atoms with Crippen LogP contribution in [0.5, 0.6) is 0 Å². The first-order valence-electron chi connectivity index (χ1n) is 7.78. The van der Waals surface area contributed by atoms with Crippen molar-refractivity contribution < 1.29 is 18.3 Å². The van der Waals surface area contributed by atoms with E-state index >= 15 is 0 Å². The second-order valence-electron chi connectivity index (χ2n) is 6.07. The lowest BCUT2D eigenvalue weighted by atomic mass is 10.0. The molecule has 9 heteroatoms. The molecule has 0 aliphatic carbocycles. The minimum atomic E-state index is -3.73. The lowest BCUT2D eigenvalue weighted by molar-refractivity contribution is -0.142. The summed E-state index contributed by atoms with van der Waals surface area (Å²) < 4.78 is 28.4. The van der Waals surface area contributed by atoms with Crippen LogP contribution in [0.4, 0.5) is 0 Å². The number of aromatic nitrogens is 2. The van der Waals surface area contributed by atoms with Gasteiger partial charge in [-0.1, -0.05) is 6.07 Å². The van der Waals surface area contributed by atoms with Gasteiger partial charge in [0.15, 0.2) is 0 Å². The predicted octanol–water partition coefficient (Wildman–Crippen LogP) is 1.00. The van der Waals surface area contributed by atoms with Gasteiger partial charge in [0, 0.05) is 13.1 Å². The molecule has 2 aromatic rings. The van der Waals surface area contributed by atoms with Crippen LogP contribution in [0.25, 0.3) is 11.0 Å². The Morgan fingerprint density at radius 1 is 1.50 bits per heavy atom. The highest BCUT2D eigenvalue weighted by Crippen LogP contribution is 2.19. The number of aromatic amines is 1. The van der Waals surface area contributed by atoms with Crippen LogP contribution in [0.15, 0.2) is 18.2 Å². The van der Waals surface area contributed by atoms with E-state index in [-0.39, 0.29) is 13.1 Å². The Morgan fingerprint density at radius 2 is 2.29 bits per heavy atom. The number of piperidine rings is 1. The largest absolute Gasteiger partial charge is 0.481 e. The molecule has 130 valence electrons. The lowest BCUT2D eigenvalue weighted by Gasteiger charge is -2.29. The smallest absolute Gasteiger partial charge is 0.307 e. The molecule has 1 aromatic heterocycles. The molecule has 1 saturated heterocycles. The van der Waals surface area contributed by atoms with Gasteiger partial charge in [-0.2, -0.15) is 17.4 Å². The van der Waals surface area contributed by atoms with E-state index in [4.69, 9.17) is 5.11 Å². The van der Waals surface area contributed by atoms with Crippen molar-refractivity contribution in [3.63, 3.8) is 0 Å². The van der Waals surface area contributed by atoms with Gasteiger partial charge >= 0.3 is 5.97 Å². The molecule has 0 amide bonds. The van der Waals surface area contributed by atoms with E-state index in [1.165, 1.54) is 4.31 Å². The standard InChI is InChI=1S/C15H20N4O4S/c1-10-4-5-12-13(7-10)18-14(17-12)8-16-24(22,23)19-6-2-3-11(9-19)15(20)21/h4-5,7,11,16H,2-3,6,8-9H2,1H3,(H,17,18)(H,20,21). The third-order valence-corrected chi connectivity index (χ3v) is 5.70. The van der Waals surface area contributed by atoms with E-state index in [9.17, 15) is 13.2 Å². The molecular weight excluding hydrogens is 332 g/mol. The maximum Gasteiger partial charge on any atom is 0.307 e. The first-order valence-corrected chi connectivity index (χ1v) is 9.22. The molecule has 0 spiro atoms. The van der Waals surface area contributed by atoms with Crippen molar-refractivity contribution in [2.24, 2.45) is 5.92 Å². The van der Waals surface area contributed by atoms with Crippen molar-refractivity contribution in [1.29, 1.82) is 0 Å². The van der Waals surface area contributed by atoms with E-state index in [0.717, 1.165) is 16.6 Å². The predicted molar refractivity (Wildman–Crippen MR) is 88.5 cm³/mol. The Kier molecular flexibility index (Phi) is 4.57. The number of H-pyrrole nitrogens is 1. The summed E-state index contributed by atoms with van der Waals surface area (Å²) in [6.45, 7) is 2.34. The van der Waals surface area contributed by atoms with Crippen LogP contribution in [-0.2, 0) is 21.5 Å². The number of nitrogens with zero attached hydrogens (tertiary/aromatic N) is 2. The molecule has 0 bridgehead atoms. The summed E-state index contributed by atoms with van der Waals surface area (Å²) in [7, 11) is -3.73. The summed E-state index contributed by atoms with van der Waals surface area (Å²) in [6.07, 6.45) is 1.05. The van der Waals surface area contributed by atoms with E-state index in [2.05, 4.69) is 14.7 Å². The fraction of sp³-hybridized carbons (Fsp3) is 0.467. The Labute approximate surface area is 140 Å². The average Bonchev–Trinajstić information content (AvgIpc) is 2.95. The third-order valence-electron chi connectivity index (χ3n) is 4.18. The second kappa shape index (κ2) is 6.50. The van der Waals surface area contributed by atoms with Crippen LogP contribution in [0, 0.1) is 12.8 Å². The lowest BCUT2D eigenvalue weighted by Crippen LogP contribution is -2.47. The minimum Gasteiger partial charge on any atom is -0.481 e. The molecule has 24 heavy (non-hydrogen) atoms. The third kappa shape index (κ3) is 3.58. The molecule has 3 rings (SSSR count). The van der Waals surface area contributed by atoms with Crippen molar-refractivity contribution in [3.8, 4) is 0 Å². The summed E-state index contributed by atoms with van der Waals surface area (Å²) in [6, 6.07) is 5.76. The number of nitrogens with one attached hydrogen (secondary N) is 2. The van der Waals surface area contributed by atoms with E-state index < -0.39 is 22.1 Å². The highest BCUT2D eigenvalue weighted by atomic mass is 32.2. The number of carboxylic acids is 1. The number of aryl methyl sites for hydroxylation is 1. The number of aliphatic carboxylic acids is 1. The monoisotopic (exact) mass is 352 g/mol. The van der Waals surface area contributed by atoms with Crippen LogP contribution in [0.3, 0.4) is 0 Å². The maximum atomic E-state index is 12.4. The molecule has 0 radical (unpaired) electrons. The topological polar surface area (TPSA) is 115 Å². The quantitative estimate of drug-likeness (QED) is 0.742. The maximum absolute atomic E-state index is 12.4. The zero-order valence-corrected chi connectivity index (χ0v) is 14.1. The number of rotatable bonds is 5. The van der Waals surface area contributed by atoms with E-state index in [1.54, 1.807) is 0 Å². The molecule has 1 aliphatic heterocycles. The van der Waals surface area contributed by atoms with E-state index in [1.807, 2.05) is 25.1 Å². The van der Waals surface area contributed by atoms with Crippen LogP contribution in [-0.4, -0.2) is 46.9 Å². The summed E-state index contributed by atoms with van der Waals surface area (Å²) in [5, 5.41) is 9.08. The van der Waals surface area contributed by atoms with Crippen molar-refractivity contribution in [2.45, 2.75) is 26.3 Å². The Bertz CT molecular complexity index is 861. The molecular formula is C15H20N4O4S. The first kappa shape index (κ1) is 16.9. The molecule has 1 aliphatic rings. The molecule has 8 nitrogen and oxygen atoms in total. The van der Waals surface area contributed by atoms with Gasteiger partial charge in [-0.3, -0.25) is 4.79 Å². The fourth-order valence-electron chi connectivity index (χ4n) is 2.87. The zero-order valence-electron chi connectivity index (χ0n) is 13.3. The van der Waals surface area contributed by atoms with Gasteiger partial charge < -0.3 is 10.1 Å². The Morgan fingerprint density at radius 3 is 3.04 bits per heavy atom. The summed E-state index contributed by atoms with van der Waals surface area (Å²) in [5.74, 6) is -1.09. The Hall–Kier alpha value is -1.97. The highest BCUT2D eigenvalue weighted by Gasteiger charge is 2.32. The number of carbonyl (C=O) groups is 1. The molecule has 1 fully saturated rings. The van der Waals surface area contributed by atoms with Crippen LogP contribution >= 0.6 is 0 Å². The van der Waals surface area contributed by atoms with Gasteiger partial charge in [-0.25, -0.2) is 4.98 Å². The van der Waals surface area contributed by atoms with Crippen molar-refractivity contribution in [1.82, 2.24) is 19.0 Å². The molecule has 1 unspecified atom stereocenters. The molecule has 1 atom stereocenters. The van der Waals surface area contributed by atoms with Gasteiger partial charge in [-0.15, -0.1) is 0 Å². The van der Waals surface area contributed by atoms with Gasteiger partial charge in [0.1, 0.15) is 5.82 Å². The Balaban J connectivity index is 1.68. The van der Waals surface area contributed by atoms with Crippen LogP contribution < -0.4 is 4.72 Å². The van der Waals surface area contributed by atoms with Crippen molar-refractivity contribution >= 4 is 27.2 Å². The number of imidazole rings is 1. The number of hydrogen-bond acceptors (Lipinski definition) is 4. The number of carboxylic acid groups (broad SMARTS) is 1. The highest BCUT2D eigenvalue weighted by molar-refractivity contribution is 7.87. The van der Waals surface area contributed by atoms with Gasteiger partial charge in [0.05, 0.1) is 23.5 Å². The van der Waals surface area contributed by atoms with Crippen LogP contribution in [0.2, 0.25) is 0 Å². The first-order chi connectivity index (χ1) is 11.3. The number of fused-ring (bicyclic) bond motifs is 1. The summed E-state index contributed by atoms with van der Waals surface area (Å²) in [5.41, 5.74) is 2.72. The second-order valence-corrected chi connectivity index (χ2v) is 7.82. The van der Waals surface area contributed by atoms with Gasteiger partial charge in [-0.05, 0) is 37.5 Å². The normalized spacial score (nSPS) is 19.6.